The molecule has 112 valence electrons. The van der Waals surface area contributed by atoms with E-state index in [2.05, 4.69) is 26.3 Å². The zero-order valence-electron chi connectivity index (χ0n) is 11.9. The van der Waals surface area contributed by atoms with Gasteiger partial charge in [0.15, 0.2) is 0 Å². The highest BCUT2D eigenvalue weighted by molar-refractivity contribution is 9.10. The lowest BCUT2D eigenvalue weighted by Crippen LogP contribution is -2.25. The molecule has 1 aromatic heterocycles. The zero-order valence-corrected chi connectivity index (χ0v) is 13.5. The van der Waals surface area contributed by atoms with Crippen molar-refractivity contribution in [3.8, 4) is 0 Å². The highest BCUT2D eigenvalue weighted by atomic mass is 79.9. The van der Waals surface area contributed by atoms with Crippen LogP contribution in [0.4, 0.5) is 15.8 Å². The normalized spacial score (nSPS) is 12.2. The molecule has 7 heteroatoms. The number of amides is 1. The summed E-state index contributed by atoms with van der Waals surface area (Å²) in [6.45, 7) is 5.47. The van der Waals surface area contributed by atoms with Crippen molar-refractivity contribution in [2.24, 2.45) is 0 Å². The van der Waals surface area contributed by atoms with Crippen molar-refractivity contribution in [2.45, 2.75) is 26.8 Å². The minimum absolute atomic E-state index is 0.185. The first kappa shape index (κ1) is 15.5. The molecule has 0 bridgehead atoms. The maximum absolute atomic E-state index is 13.0. The number of aryl methyl sites for hydroxylation is 1. The van der Waals surface area contributed by atoms with E-state index in [1.807, 2.05) is 13.8 Å². The lowest BCUT2D eigenvalue weighted by Gasteiger charge is -2.15. The van der Waals surface area contributed by atoms with Gasteiger partial charge >= 0.3 is 0 Å². The minimum atomic E-state index is -0.514. The van der Waals surface area contributed by atoms with Crippen LogP contribution in [0, 0.1) is 19.7 Å². The van der Waals surface area contributed by atoms with Crippen molar-refractivity contribution >= 4 is 33.2 Å². The van der Waals surface area contributed by atoms with E-state index < -0.39 is 11.9 Å². The molecule has 0 aliphatic carbocycles. The van der Waals surface area contributed by atoms with Gasteiger partial charge in [0, 0.05) is 0 Å². The Balaban J connectivity index is 2.21. The number of nitrogens with two attached hydrogens (primary N) is 1. The third kappa shape index (κ3) is 3.07. The Morgan fingerprint density at radius 2 is 2.14 bits per heavy atom. The lowest BCUT2D eigenvalue weighted by atomic mass is 10.2. The topological polar surface area (TPSA) is 72.9 Å². The molecule has 1 heterocycles. The molecule has 2 aromatic rings. The molecule has 0 saturated carbocycles. The number of hydrogen-bond donors (Lipinski definition) is 2. The van der Waals surface area contributed by atoms with Crippen molar-refractivity contribution in [3.05, 3.63) is 39.9 Å². The third-order valence-electron chi connectivity index (χ3n) is 3.25. The number of carbonyl (C=O) groups is 1. The summed E-state index contributed by atoms with van der Waals surface area (Å²) in [5.41, 5.74) is 7.93. The van der Waals surface area contributed by atoms with Crippen LogP contribution in [0.3, 0.4) is 0 Å². The summed E-state index contributed by atoms with van der Waals surface area (Å²) >= 11 is 3.43. The molecule has 0 spiro atoms. The Bertz CT molecular complexity index is 699. The highest BCUT2D eigenvalue weighted by Gasteiger charge is 2.21. The molecule has 1 amide bonds. The van der Waals surface area contributed by atoms with Gasteiger partial charge in [-0.2, -0.15) is 5.10 Å². The summed E-state index contributed by atoms with van der Waals surface area (Å²) in [6.07, 6.45) is 0. The molecular formula is C14H16BrFN4O. The Labute approximate surface area is 130 Å². The van der Waals surface area contributed by atoms with E-state index >= 15 is 0 Å². The second-order valence-corrected chi connectivity index (χ2v) is 5.62. The Hall–Kier alpha value is -1.89. The van der Waals surface area contributed by atoms with Crippen LogP contribution in [0.15, 0.2) is 22.7 Å². The van der Waals surface area contributed by atoms with Crippen LogP contribution in [-0.4, -0.2) is 15.7 Å². The summed E-state index contributed by atoms with van der Waals surface area (Å²) in [5.74, 6) is -0.715. The van der Waals surface area contributed by atoms with Crippen LogP contribution >= 0.6 is 15.9 Å². The SMILES string of the molecule is Cc1nn(C(C)C(=O)Nc2ccc(F)cc2N)c(C)c1Br. The predicted molar refractivity (Wildman–Crippen MR) is 83.6 cm³/mol. The molecular weight excluding hydrogens is 339 g/mol. The first-order valence-corrected chi connectivity index (χ1v) is 7.17. The van der Waals surface area contributed by atoms with Gasteiger partial charge in [0.25, 0.3) is 0 Å². The van der Waals surface area contributed by atoms with E-state index in [0.29, 0.717) is 5.69 Å². The van der Waals surface area contributed by atoms with Crippen LogP contribution in [0.5, 0.6) is 0 Å². The molecule has 3 N–H and O–H groups in total. The van der Waals surface area contributed by atoms with Crippen molar-refractivity contribution in [1.29, 1.82) is 0 Å². The van der Waals surface area contributed by atoms with Gasteiger partial charge in [-0.25, -0.2) is 4.39 Å². The Morgan fingerprint density at radius 1 is 1.48 bits per heavy atom. The standard InChI is InChI=1S/C14H16BrFN4O/c1-7-13(15)8(2)20(19-7)9(3)14(21)18-12-5-4-10(16)6-11(12)17/h4-6,9H,17H2,1-3H3,(H,18,21). The number of anilines is 2. The van der Waals surface area contributed by atoms with Crippen LogP contribution in [0.1, 0.15) is 24.4 Å². The zero-order chi connectivity index (χ0) is 15.7. The molecule has 0 fully saturated rings. The first-order valence-electron chi connectivity index (χ1n) is 6.38. The third-order valence-corrected chi connectivity index (χ3v) is 4.40. The summed E-state index contributed by atoms with van der Waals surface area (Å²) in [5, 5.41) is 7.01. The van der Waals surface area contributed by atoms with Gasteiger partial charge in [0.2, 0.25) is 5.91 Å². The molecule has 5 nitrogen and oxygen atoms in total. The number of benzene rings is 1. The van der Waals surface area contributed by atoms with E-state index in [9.17, 15) is 9.18 Å². The second-order valence-electron chi connectivity index (χ2n) is 4.83. The molecule has 1 unspecified atom stereocenters. The molecule has 0 aliphatic rings. The largest absolute Gasteiger partial charge is 0.397 e. The van der Waals surface area contributed by atoms with Gasteiger partial charge in [0.05, 0.1) is 27.2 Å². The maximum Gasteiger partial charge on any atom is 0.249 e. The Morgan fingerprint density at radius 3 is 2.67 bits per heavy atom. The smallest absolute Gasteiger partial charge is 0.249 e. The van der Waals surface area contributed by atoms with Crippen LogP contribution < -0.4 is 11.1 Å². The number of halogens is 2. The van der Waals surface area contributed by atoms with E-state index in [1.165, 1.54) is 18.2 Å². The summed E-state index contributed by atoms with van der Waals surface area (Å²) in [4.78, 5) is 12.3. The van der Waals surface area contributed by atoms with Gasteiger partial charge in [-0.1, -0.05) is 0 Å². The number of nitrogens with one attached hydrogen (secondary N) is 1. The molecule has 21 heavy (non-hydrogen) atoms. The monoisotopic (exact) mass is 354 g/mol. The number of carbonyl (C=O) groups excluding carboxylic acids is 1. The minimum Gasteiger partial charge on any atom is -0.397 e. The van der Waals surface area contributed by atoms with Crippen molar-refractivity contribution < 1.29 is 9.18 Å². The van der Waals surface area contributed by atoms with Crippen molar-refractivity contribution in [3.63, 3.8) is 0 Å². The number of rotatable bonds is 3. The van der Waals surface area contributed by atoms with Gasteiger partial charge in [-0.3, -0.25) is 9.48 Å². The fourth-order valence-corrected chi connectivity index (χ4v) is 2.28. The van der Waals surface area contributed by atoms with E-state index in [0.717, 1.165) is 15.9 Å². The summed E-state index contributed by atoms with van der Waals surface area (Å²) < 4.78 is 15.5. The fourth-order valence-electron chi connectivity index (χ4n) is 2.02. The number of nitrogens with zero attached hydrogens (tertiary/aromatic N) is 2. The molecule has 0 saturated heterocycles. The van der Waals surface area contributed by atoms with Crippen LogP contribution in [0.25, 0.3) is 0 Å². The fraction of sp³-hybridized carbons (Fsp3) is 0.286. The lowest BCUT2D eigenvalue weighted by molar-refractivity contribution is -0.119. The van der Waals surface area contributed by atoms with Crippen molar-refractivity contribution in [2.75, 3.05) is 11.1 Å². The van der Waals surface area contributed by atoms with Gasteiger partial charge in [0.1, 0.15) is 11.9 Å². The molecule has 1 aromatic carbocycles. The quantitative estimate of drug-likeness (QED) is 0.831. The van der Waals surface area contributed by atoms with Gasteiger partial charge in [-0.15, -0.1) is 0 Å². The number of nitrogen functional groups attached to an aromatic ring is 1. The van der Waals surface area contributed by atoms with Gasteiger partial charge in [-0.05, 0) is 54.9 Å². The van der Waals surface area contributed by atoms with Crippen molar-refractivity contribution in [1.82, 2.24) is 9.78 Å². The average molecular weight is 355 g/mol. The average Bonchev–Trinajstić information content (AvgIpc) is 2.68. The highest BCUT2D eigenvalue weighted by Crippen LogP contribution is 2.24. The molecule has 1 atom stereocenters. The predicted octanol–water partition coefficient (Wildman–Crippen LogP) is 3.18. The maximum atomic E-state index is 13.0. The first-order chi connectivity index (χ1) is 9.81. The number of aromatic nitrogens is 2. The van der Waals surface area contributed by atoms with E-state index in [4.69, 9.17) is 5.73 Å². The van der Waals surface area contributed by atoms with E-state index in [1.54, 1.807) is 11.6 Å². The van der Waals surface area contributed by atoms with E-state index in [-0.39, 0.29) is 11.6 Å². The second kappa shape index (κ2) is 5.85. The molecule has 0 radical (unpaired) electrons. The molecule has 2 rings (SSSR count). The van der Waals surface area contributed by atoms with Crippen LogP contribution in [0.2, 0.25) is 0 Å². The Kier molecular flexibility index (Phi) is 4.32. The molecule has 0 aliphatic heterocycles. The van der Waals surface area contributed by atoms with Gasteiger partial charge < -0.3 is 11.1 Å². The summed E-state index contributed by atoms with van der Waals surface area (Å²) in [6, 6.07) is 3.34. The summed E-state index contributed by atoms with van der Waals surface area (Å²) in [7, 11) is 0. The number of hydrogen-bond acceptors (Lipinski definition) is 3. The van der Waals surface area contributed by atoms with Crippen LogP contribution in [-0.2, 0) is 4.79 Å².